The third-order valence-corrected chi connectivity index (χ3v) is 2.30. The second-order valence-electron chi connectivity index (χ2n) is 4.01. The Morgan fingerprint density at radius 2 is 1.62 bits per heavy atom. The quantitative estimate of drug-likeness (QED) is 0.641. The van der Waals surface area contributed by atoms with Crippen LogP contribution in [0.1, 0.15) is 5.56 Å². The highest BCUT2D eigenvalue weighted by Crippen LogP contribution is 2.31. The normalized spacial score (nSPS) is 12.7. The van der Waals surface area contributed by atoms with E-state index in [0.29, 0.717) is 12.1 Å². The summed E-state index contributed by atoms with van der Waals surface area (Å²) in [6.45, 7) is -1.85. The van der Waals surface area contributed by atoms with Crippen LogP contribution in [-0.2, 0) is 6.18 Å². The number of rotatable bonds is 5. The van der Waals surface area contributed by atoms with Crippen LogP contribution in [0.25, 0.3) is 0 Å². The van der Waals surface area contributed by atoms with Crippen LogP contribution in [0, 0.1) is 0 Å². The Bertz CT molecular complexity index is 490. The topological polar surface area (TPSA) is 49.7 Å². The largest absolute Gasteiger partial charge is 0.488 e. The first-order valence-electron chi connectivity index (χ1n) is 5.30. The van der Waals surface area contributed by atoms with E-state index in [4.69, 9.17) is 10.0 Å². The predicted molar refractivity (Wildman–Crippen MR) is 57.7 cm³/mol. The molecule has 0 saturated carbocycles. The second-order valence-corrected chi connectivity index (χ2v) is 4.01. The van der Waals surface area contributed by atoms with Crippen molar-refractivity contribution < 1.29 is 45.5 Å². The summed E-state index contributed by atoms with van der Waals surface area (Å²) in [5, 5.41) is 17.6. The van der Waals surface area contributed by atoms with Crippen LogP contribution in [-0.4, -0.2) is 36.1 Å². The van der Waals surface area contributed by atoms with Gasteiger partial charge in [0, 0.05) is 0 Å². The molecule has 0 aromatic heterocycles. The molecule has 0 radical (unpaired) electrons. The van der Waals surface area contributed by atoms with Crippen LogP contribution >= 0.6 is 0 Å². The number of benzene rings is 1. The van der Waals surface area contributed by atoms with Crippen molar-refractivity contribution >= 4 is 12.6 Å². The van der Waals surface area contributed by atoms with E-state index < -0.39 is 49.0 Å². The SMILES string of the molecule is OB(O)c1cc(OCC(F)(F)C(F)F)cc(C(F)(F)F)c1. The fraction of sp³-hybridized carbons (Fsp3) is 0.400. The molecule has 0 saturated heterocycles. The molecule has 0 amide bonds. The summed E-state index contributed by atoms with van der Waals surface area (Å²) in [5.74, 6) is -5.39. The summed E-state index contributed by atoms with van der Waals surface area (Å²) < 4.78 is 90.8. The lowest BCUT2D eigenvalue weighted by Gasteiger charge is -2.17. The number of hydrogen-bond acceptors (Lipinski definition) is 3. The average molecular weight is 320 g/mol. The monoisotopic (exact) mass is 320 g/mol. The Morgan fingerprint density at radius 3 is 2.05 bits per heavy atom. The van der Waals surface area contributed by atoms with Crippen LogP contribution in [0.5, 0.6) is 5.75 Å². The smallest absolute Gasteiger partial charge is 0.487 e. The maximum Gasteiger partial charge on any atom is 0.488 e. The molecule has 0 fully saturated rings. The molecule has 0 unspecified atom stereocenters. The van der Waals surface area contributed by atoms with E-state index in [2.05, 4.69) is 4.74 Å². The molecule has 0 aliphatic carbocycles. The standard InChI is InChI=1S/C10H8BF7O3/c12-8(13)9(14,15)4-21-7-2-5(10(16,17)18)1-6(3-7)11(19)20/h1-3,8,19-20H,4H2. The minimum atomic E-state index is -4.91. The van der Waals surface area contributed by atoms with Crippen molar-refractivity contribution in [3.8, 4) is 5.75 Å². The molecule has 2 N–H and O–H groups in total. The fourth-order valence-corrected chi connectivity index (χ4v) is 1.26. The first kappa shape index (κ1) is 17.6. The van der Waals surface area contributed by atoms with E-state index in [0.717, 1.165) is 0 Å². The molecule has 0 atom stereocenters. The summed E-state index contributed by atoms with van der Waals surface area (Å²) >= 11 is 0. The summed E-state index contributed by atoms with van der Waals surface area (Å²) in [4.78, 5) is 0. The van der Waals surface area contributed by atoms with Gasteiger partial charge in [0.15, 0.2) is 6.61 Å². The molecule has 0 aliphatic heterocycles. The molecule has 0 spiro atoms. The zero-order chi connectivity index (χ0) is 16.4. The van der Waals surface area contributed by atoms with E-state index >= 15 is 0 Å². The lowest BCUT2D eigenvalue weighted by Crippen LogP contribution is -2.34. The fourth-order valence-electron chi connectivity index (χ4n) is 1.26. The molecule has 1 rings (SSSR count). The highest BCUT2D eigenvalue weighted by molar-refractivity contribution is 6.58. The molecular weight excluding hydrogens is 312 g/mol. The van der Waals surface area contributed by atoms with Crippen molar-refractivity contribution in [1.82, 2.24) is 0 Å². The molecule has 1 aromatic rings. The lowest BCUT2D eigenvalue weighted by atomic mass is 9.79. The Labute approximate surface area is 114 Å². The van der Waals surface area contributed by atoms with Gasteiger partial charge in [-0.25, -0.2) is 8.78 Å². The van der Waals surface area contributed by atoms with Crippen LogP contribution < -0.4 is 10.2 Å². The molecule has 21 heavy (non-hydrogen) atoms. The van der Waals surface area contributed by atoms with Gasteiger partial charge in [0.25, 0.3) is 0 Å². The van der Waals surface area contributed by atoms with Crippen molar-refractivity contribution in [3.05, 3.63) is 23.8 Å². The second kappa shape index (κ2) is 6.10. The molecule has 3 nitrogen and oxygen atoms in total. The first-order chi connectivity index (χ1) is 9.43. The van der Waals surface area contributed by atoms with Gasteiger partial charge < -0.3 is 14.8 Å². The Kier molecular flexibility index (Phi) is 5.10. The van der Waals surface area contributed by atoms with Gasteiger partial charge in [0.1, 0.15) is 5.75 Å². The Morgan fingerprint density at radius 1 is 1.05 bits per heavy atom. The van der Waals surface area contributed by atoms with Crippen molar-refractivity contribution in [2.75, 3.05) is 6.61 Å². The molecule has 11 heteroatoms. The zero-order valence-corrected chi connectivity index (χ0v) is 10.0. The summed E-state index contributed by atoms with van der Waals surface area (Å²) in [6, 6.07) is 1.28. The van der Waals surface area contributed by atoms with Gasteiger partial charge in [-0.1, -0.05) is 0 Å². The molecule has 1 aromatic carbocycles. The van der Waals surface area contributed by atoms with Gasteiger partial charge in [-0.3, -0.25) is 0 Å². The van der Waals surface area contributed by atoms with Crippen molar-refractivity contribution in [3.63, 3.8) is 0 Å². The lowest BCUT2D eigenvalue weighted by molar-refractivity contribution is -0.148. The number of ether oxygens (including phenoxy) is 1. The molecule has 0 heterocycles. The Balaban J connectivity index is 3.04. The maximum absolute atomic E-state index is 12.6. The molecule has 118 valence electrons. The van der Waals surface area contributed by atoms with E-state index in [1.54, 1.807) is 0 Å². The molecular formula is C10H8BF7O3. The van der Waals surface area contributed by atoms with E-state index in [-0.39, 0.29) is 6.07 Å². The summed E-state index contributed by atoms with van der Waals surface area (Å²) in [5.41, 5.74) is -2.08. The highest BCUT2D eigenvalue weighted by atomic mass is 19.4. The third-order valence-electron chi connectivity index (χ3n) is 2.30. The first-order valence-corrected chi connectivity index (χ1v) is 5.30. The number of halogens is 7. The van der Waals surface area contributed by atoms with Gasteiger partial charge in [0.2, 0.25) is 0 Å². The van der Waals surface area contributed by atoms with Gasteiger partial charge in [-0.05, 0) is 23.7 Å². The number of hydrogen-bond donors (Lipinski definition) is 2. The Hall–Kier alpha value is -1.49. The van der Waals surface area contributed by atoms with Crippen molar-refractivity contribution in [1.29, 1.82) is 0 Å². The molecule has 0 bridgehead atoms. The maximum atomic E-state index is 12.6. The number of alkyl halides is 7. The van der Waals surface area contributed by atoms with Gasteiger partial charge >= 0.3 is 25.6 Å². The predicted octanol–water partition coefficient (Wildman–Crippen LogP) is 1.66. The zero-order valence-electron chi connectivity index (χ0n) is 10.0. The van der Waals surface area contributed by atoms with Crippen LogP contribution in [0.4, 0.5) is 30.7 Å². The van der Waals surface area contributed by atoms with Crippen molar-refractivity contribution in [2.24, 2.45) is 0 Å². The van der Waals surface area contributed by atoms with Gasteiger partial charge in [-0.15, -0.1) is 0 Å². The van der Waals surface area contributed by atoms with Gasteiger partial charge in [0.05, 0.1) is 5.56 Å². The highest BCUT2D eigenvalue weighted by Gasteiger charge is 2.42. The summed E-state index contributed by atoms with van der Waals surface area (Å²) in [6.07, 6.45) is -8.96. The minimum absolute atomic E-state index is 0.285. The van der Waals surface area contributed by atoms with E-state index in [1.165, 1.54) is 0 Å². The van der Waals surface area contributed by atoms with E-state index in [9.17, 15) is 30.7 Å². The summed E-state index contributed by atoms with van der Waals surface area (Å²) in [7, 11) is -2.31. The third kappa shape index (κ3) is 4.78. The van der Waals surface area contributed by atoms with Crippen LogP contribution in [0.3, 0.4) is 0 Å². The van der Waals surface area contributed by atoms with Crippen LogP contribution in [0.2, 0.25) is 0 Å². The van der Waals surface area contributed by atoms with Crippen molar-refractivity contribution in [2.45, 2.75) is 18.5 Å². The van der Waals surface area contributed by atoms with Gasteiger partial charge in [-0.2, -0.15) is 22.0 Å². The average Bonchev–Trinajstić information content (AvgIpc) is 2.34. The van der Waals surface area contributed by atoms with Crippen LogP contribution in [0.15, 0.2) is 18.2 Å². The minimum Gasteiger partial charge on any atom is -0.487 e. The van der Waals surface area contributed by atoms with E-state index in [1.807, 2.05) is 0 Å². The molecule has 0 aliphatic rings.